The fourth-order valence-corrected chi connectivity index (χ4v) is 2.72. The lowest BCUT2D eigenvalue weighted by Gasteiger charge is -2.10. The van der Waals surface area contributed by atoms with Crippen LogP contribution in [0.2, 0.25) is 0 Å². The van der Waals surface area contributed by atoms with Crippen LogP contribution in [0.15, 0.2) is 0 Å². The minimum atomic E-state index is -0.168. The Morgan fingerprint density at radius 2 is 1.60 bits per heavy atom. The van der Waals surface area contributed by atoms with E-state index < -0.39 is 0 Å². The number of rotatable bonds is 12. The fourth-order valence-electron chi connectivity index (χ4n) is 2.72. The van der Waals surface area contributed by atoms with Crippen LogP contribution in [0.25, 0.3) is 0 Å². The number of carbonyl (C=O) groups excluding carboxylic acids is 1. The van der Waals surface area contributed by atoms with Crippen LogP contribution >= 0.6 is 0 Å². The Hall–Kier alpha value is -0.570. The molecule has 1 aliphatic rings. The average molecular weight is 283 g/mol. The largest absolute Gasteiger partial charge is 0.368 e. The van der Waals surface area contributed by atoms with Gasteiger partial charge in [0.15, 0.2) is 0 Å². The first kappa shape index (κ1) is 17.5. The van der Waals surface area contributed by atoms with Gasteiger partial charge in [0.1, 0.15) is 6.10 Å². The van der Waals surface area contributed by atoms with Crippen LogP contribution in [0.5, 0.6) is 0 Å². The maximum Gasteiger partial charge on any atom is 0.249 e. The maximum atomic E-state index is 11.7. The molecule has 0 saturated carbocycles. The van der Waals surface area contributed by atoms with Crippen molar-refractivity contribution in [1.29, 1.82) is 0 Å². The molecule has 0 radical (unpaired) electrons. The first-order valence-electron chi connectivity index (χ1n) is 8.74. The topological polar surface area (TPSA) is 38.3 Å². The third kappa shape index (κ3) is 8.57. The van der Waals surface area contributed by atoms with Gasteiger partial charge in [-0.1, -0.05) is 64.7 Å². The summed E-state index contributed by atoms with van der Waals surface area (Å²) in [4.78, 5) is 11.7. The van der Waals surface area contributed by atoms with Crippen molar-refractivity contribution in [3.05, 3.63) is 0 Å². The number of amides is 1. The minimum Gasteiger partial charge on any atom is -0.368 e. The van der Waals surface area contributed by atoms with Gasteiger partial charge in [-0.15, -0.1) is 0 Å². The molecule has 0 aliphatic carbocycles. The number of hydrogen-bond donors (Lipinski definition) is 1. The molecule has 1 saturated heterocycles. The molecule has 1 amide bonds. The molecule has 1 heterocycles. The molecule has 1 unspecified atom stereocenters. The van der Waals surface area contributed by atoms with Crippen LogP contribution in [0.3, 0.4) is 0 Å². The van der Waals surface area contributed by atoms with Gasteiger partial charge in [0.05, 0.1) is 0 Å². The molecular weight excluding hydrogens is 250 g/mol. The zero-order chi connectivity index (χ0) is 14.5. The van der Waals surface area contributed by atoms with Gasteiger partial charge in [-0.2, -0.15) is 0 Å². The Kier molecular flexibility index (Phi) is 10.7. The first-order chi connectivity index (χ1) is 9.84. The molecule has 20 heavy (non-hydrogen) atoms. The molecule has 0 aromatic heterocycles. The molecule has 0 aromatic carbocycles. The van der Waals surface area contributed by atoms with Crippen molar-refractivity contribution in [1.82, 2.24) is 5.32 Å². The van der Waals surface area contributed by atoms with Crippen molar-refractivity contribution >= 4 is 5.91 Å². The lowest BCUT2D eigenvalue weighted by molar-refractivity contribution is -0.130. The Morgan fingerprint density at radius 3 is 2.15 bits per heavy atom. The van der Waals surface area contributed by atoms with E-state index >= 15 is 0 Å². The fraction of sp³-hybridized carbons (Fsp3) is 0.941. The predicted octanol–water partition coefficient (Wildman–Crippen LogP) is 4.20. The van der Waals surface area contributed by atoms with E-state index in [-0.39, 0.29) is 12.0 Å². The molecule has 1 N–H and O–H groups in total. The van der Waals surface area contributed by atoms with Crippen LogP contribution < -0.4 is 5.32 Å². The standard InChI is InChI=1S/C17H33NO2/c1-2-3-4-5-6-7-8-9-10-11-14-18-17(19)16-13-12-15-20-16/h16H,2-15H2,1H3,(H,18,19). The first-order valence-corrected chi connectivity index (χ1v) is 8.74. The van der Waals surface area contributed by atoms with E-state index in [2.05, 4.69) is 12.2 Å². The number of unbranched alkanes of at least 4 members (excludes halogenated alkanes) is 9. The van der Waals surface area contributed by atoms with E-state index in [1.54, 1.807) is 0 Å². The SMILES string of the molecule is CCCCCCCCCCCCNC(=O)C1CCCO1. The Labute approximate surface area is 124 Å². The normalized spacial score (nSPS) is 18.4. The smallest absolute Gasteiger partial charge is 0.249 e. The van der Waals surface area contributed by atoms with Crippen LogP contribution in [-0.4, -0.2) is 25.2 Å². The lowest BCUT2D eigenvalue weighted by atomic mass is 10.1. The summed E-state index contributed by atoms with van der Waals surface area (Å²) in [6.07, 6.45) is 15.1. The molecule has 1 rings (SSSR count). The lowest BCUT2D eigenvalue weighted by Crippen LogP contribution is -2.34. The highest BCUT2D eigenvalue weighted by Gasteiger charge is 2.22. The Bertz CT molecular complexity index is 237. The second-order valence-electron chi connectivity index (χ2n) is 5.97. The molecule has 0 spiro atoms. The van der Waals surface area contributed by atoms with Crippen LogP contribution in [-0.2, 0) is 9.53 Å². The van der Waals surface area contributed by atoms with Crippen LogP contribution in [0.1, 0.15) is 84.0 Å². The zero-order valence-electron chi connectivity index (χ0n) is 13.3. The van der Waals surface area contributed by atoms with Gasteiger partial charge in [0, 0.05) is 13.2 Å². The quantitative estimate of drug-likeness (QED) is 0.545. The second-order valence-corrected chi connectivity index (χ2v) is 5.97. The molecule has 1 aliphatic heterocycles. The third-order valence-electron chi connectivity index (χ3n) is 4.05. The van der Waals surface area contributed by atoms with E-state index in [1.807, 2.05) is 0 Å². The molecule has 0 aromatic rings. The average Bonchev–Trinajstić information content (AvgIpc) is 2.99. The predicted molar refractivity (Wildman–Crippen MR) is 83.8 cm³/mol. The van der Waals surface area contributed by atoms with Gasteiger partial charge in [-0.05, 0) is 19.3 Å². The van der Waals surface area contributed by atoms with Gasteiger partial charge in [0.25, 0.3) is 0 Å². The second kappa shape index (κ2) is 12.2. The number of carbonyl (C=O) groups is 1. The molecule has 1 atom stereocenters. The molecule has 118 valence electrons. The number of hydrogen-bond acceptors (Lipinski definition) is 2. The van der Waals surface area contributed by atoms with Crippen molar-refractivity contribution in [2.24, 2.45) is 0 Å². The number of ether oxygens (including phenoxy) is 1. The minimum absolute atomic E-state index is 0.0958. The Balaban J connectivity index is 1.77. The molecule has 3 nitrogen and oxygen atoms in total. The molecule has 1 fully saturated rings. The van der Waals surface area contributed by atoms with Crippen molar-refractivity contribution < 1.29 is 9.53 Å². The van der Waals surface area contributed by atoms with Gasteiger partial charge in [-0.3, -0.25) is 4.79 Å². The summed E-state index contributed by atoms with van der Waals surface area (Å²) in [5, 5.41) is 2.99. The van der Waals surface area contributed by atoms with Crippen LogP contribution in [0, 0.1) is 0 Å². The van der Waals surface area contributed by atoms with Crippen molar-refractivity contribution in [2.45, 2.75) is 90.1 Å². The summed E-state index contributed by atoms with van der Waals surface area (Å²) in [6, 6.07) is 0. The van der Waals surface area contributed by atoms with Gasteiger partial charge in [0.2, 0.25) is 5.91 Å². The van der Waals surface area contributed by atoms with Gasteiger partial charge >= 0.3 is 0 Å². The summed E-state index contributed by atoms with van der Waals surface area (Å²) in [5.74, 6) is 0.0958. The van der Waals surface area contributed by atoms with Gasteiger partial charge in [-0.25, -0.2) is 0 Å². The third-order valence-corrected chi connectivity index (χ3v) is 4.05. The summed E-state index contributed by atoms with van der Waals surface area (Å²) in [6.45, 7) is 3.82. The van der Waals surface area contributed by atoms with Crippen molar-refractivity contribution in [3.8, 4) is 0 Å². The van der Waals surface area contributed by atoms with E-state index in [1.165, 1.54) is 57.8 Å². The van der Waals surface area contributed by atoms with E-state index in [4.69, 9.17) is 4.74 Å². The Morgan fingerprint density at radius 1 is 1.00 bits per heavy atom. The zero-order valence-corrected chi connectivity index (χ0v) is 13.3. The summed E-state index contributed by atoms with van der Waals surface area (Å²) < 4.78 is 5.35. The van der Waals surface area contributed by atoms with E-state index in [0.29, 0.717) is 0 Å². The summed E-state index contributed by atoms with van der Waals surface area (Å²) >= 11 is 0. The highest BCUT2D eigenvalue weighted by molar-refractivity contribution is 5.80. The molecule has 3 heteroatoms. The van der Waals surface area contributed by atoms with Crippen molar-refractivity contribution in [3.63, 3.8) is 0 Å². The van der Waals surface area contributed by atoms with Crippen LogP contribution in [0.4, 0.5) is 0 Å². The molecule has 0 bridgehead atoms. The highest BCUT2D eigenvalue weighted by atomic mass is 16.5. The number of nitrogens with one attached hydrogen (secondary N) is 1. The highest BCUT2D eigenvalue weighted by Crippen LogP contribution is 2.12. The monoisotopic (exact) mass is 283 g/mol. The van der Waals surface area contributed by atoms with Gasteiger partial charge < -0.3 is 10.1 Å². The summed E-state index contributed by atoms with van der Waals surface area (Å²) in [7, 11) is 0. The summed E-state index contributed by atoms with van der Waals surface area (Å²) in [5.41, 5.74) is 0. The molecular formula is C17H33NO2. The van der Waals surface area contributed by atoms with Crippen molar-refractivity contribution in [2.75, 3.05) is 13.2 Å². The van der Waals surface area contributed by atoms with E-state index in [9.17, 15) is 4.79 Å². The maximum absolute atomic E-state index is 11.7. The van der Waals surface area contributed by atoms with E-state index in [0.717, 1.165) is 32.4 Å².